The first-order chi connectivity index (χ1) is 12.3. The van der Waals surface area contributed by atoms with Gasteiger partial charge >= 0.3 is 0 Å². The van der Waals surface area contributed by atoms with Crippen molar-refractivity contribution in [2.45, 2.75) is 13.1 Å². The predicted molar refractivity (Wildman–Crippen MR) is 102 cm³/mol. The van der Waals surface area contributed by atoms with Gasteiger partial charge in [-0.3, -0.25) is 4.98 Å². The third kappa shape index (κ3) is 3.64. The van der Waals surface area contributed by atoms with Gasteiger partial charge in [0, 0.05) is 47.8 Å². The largest absolute Gasteiger partial charge is 0.380 e. The summed E-state index contributed by atoms with van der Waals surface area (Å²) in [5.74, 6) is 0. The van der Waals surface area contributed by atoms with E-state index in [0.29, 0.717) is 5.02 Å². The van der Waals surface area contributed by atoms with E-state index in [9.17, 15) is 0 Å². The number of aromatic nitrogens is 3. The van der Waals surface area contributed by atoms with Gasteiger partial charge in [-0.15, -0.1) is 0 Å². The first-order valence-electron chi connectivity index (χ1n) is 8.10. The molecule has 0 radical (unpaired) electrons. The van der Waals surface area contributed by atoms with E-state index < -0.39 is 0 Å². The Labute approximate surface area is 151 Å². The molecule has 0 spiro atoms. The Balaban J connectivity index is 1.47. The quantitative estimate of drug-likeness (QED) is 0.566. The minimum absolute atomic E-state index is 0.715. The van der Waals surface area contributed by atoms with Crippen molar-refractivity contribution in [1.29, 1.82) is 0 Å². The maximum absolute atomic E-state index is 6.12. The van der Waals surface area contributed by atoms with E-state index in [1.165, 1.54) is 11.1 Å². The second-order valence-electron chi connectivity index (χ2n) is 5.93. The van der Waals surface area contributed by atoms with Crippen molar-refractivity contribution in [3.8, 4) is 0 Å². The van der Waals surface area contributed by atoms with Crippen molar-refractivity contribution in [2.24, 2.45) is 0 Å². The molecule has 2 aromatic heterocycles. The molecular weight excluding hydrogens is 332 g/mol. The van der Waals surface area contributed by atoms with Gasteiger partial charge in [-0.2, -0.15) is 0 Å². The van der Waals surface area contributed by atoms with E-state index >= 15 is 0 Å². The molecule has 4 nitrogen and oxygen atoms in total. The minimum Gasteiger partial charge on any atom is -0.380 e. The molecule has 0 bridgehead atoms. The van der Waals surface area contributed by atoms with Crippen LogP contribution < -0.4 is 5.32 Å². The van der Waals surface area contributed by atoms with Crippen LogP contribution in [0.2, 0.25) is 5.02 Å². The molecule has 0 saturated heterocycles. The first kappa shape index (κ1) is 15.7. The van der Waals surface area contributed by atoms with Gasteiger partial charge < -0.3 is 9.88 Å². The summed E-state index contributed by atoms with van der Waals surface area (Å²) in [7, 11) is 0. The fraction of sp³-hybridized carbons (Fsp3) is 0.100. The minimum atomic E-state index is 0.715. The molecule has 0 amide bonds. The SMILES string of the molecule is Clc1ccc2nccc(NCc3ccc(Cn4ccnc4)cc3)c2c1. The van der Waals surface area contributed by atoms with Gasteiger partial charge in [-0.1, -0.05) is 35.9 Å². The highest BCUT2D eigenvalue weighted by Gasteiger charge is 2.03. The molecule has 0 aliphatic rings. The smallest absolute Gasteiger partial charge is 0.0949 e. The Morgan fingerprint density at radius 2 is 1.80 bits per heavy atom. The fourth-order valence-electron chi connectivity index (χ4n) is 2.82. The molecule has 4 aromatic rings. The molecule has 5 heteroatoms. The summed E-state index contributed by atoms with van der Waals surface area (Å²) in [6, 6.07) is 16.3. The van der Waals surface area contributed by atoms with Crippen LogP contribution in [-0.2, 0) is 13.1 Å². The van der Waals surface area contributed by atoms with E-state index in [0.717, 1.165) is 29.7 Å². The third-order valence-electron chi connectivity index (χ3n) is 4.13. The van der Waals surface area contributed by atoms with Crippen molar-refractivity contribution in [1.82, 2.24) is 14.5 Å². The Morgan fingerprint density at radius 1 is 0.960 bits per heavy atom. The van der Waals surface area contributed by atoms with Crippen molar-refractivity contribution in [3.63, 3.8) is 0 Å². The molecule has 2 aromatic carbocycles. The van der Waals surface area contributed by atoms with Gasteiger partial charge in [0.2, 0.25) is 0 Å². The van der Waals surface area contributed by atoms with Crippen LogP contribution in [0, 0.1) is 0 Å². The number of rotatable bonds is 5. The highest BCUT2D eigenvalue weighted by Crippen LogP contribution is 2.25. The number of pyridine rings is 1. The number of fused-ring (bicyclic) bond motifs is 1. The number of hydrogen-bond donors (Lipinski definition) is 1. The van der Waals surface area contributed by atoms with Crippen LogP contribution in [0.4, 0.5) is 5.69 Å². The Bertz CT molecular complexity index is 978. The van der Waals surface area contributed by atoms with E-state index in [4.69, 9.17) is 11.6 Å². The summed E-state index contributed by atoms with van der Waals surface area (Å²) < 4.78 is 2.06. The van der Waals surface area contributed by atoms with Gasteiger partial charge in [0.25, 0.3) is 0 Å². The fourth-order valence-corrected chi connectivity index (χ4v) is 3.00. The van der Waals surface area contributed by atoms with Crippen molar-refractivity contribution in [3.05, 3.63) is 89.6 Å². The van der Waals surface area contributed by atoms with Crippen LogP contribution in [0.1, 0.15) is 11.1 Å². The van der Waals surface area contributed by atoms with E-state index in [1.54, 1.807) is 6.20 Å². The lowest BCUT2D eigenvalue weighted by atomic mass is 10.1. The summed E-state index contributed by atoms with van der Waals surface area (Å²) in [4.78, 5) is 8.45. The van der Waals surface area contributed by atoms with Crippen LogP contribution in [0.5, 0.6) is 0 Å². The lowest BCUT2D eigenvalue weighted by molar-refractivity contribution is 0.797. The molecule has 0 saturated carbocycles. The number of imidazole rings is 1. The summed E-state index contributed by atoms with van der Waals surface area (Å²) in [6.07, 6.45) is 7.40. The van der Waals surface area contributed by atoms with Crippen LogP contribution in [-0.4, -0.2) is 14.5 Å². The maximum atomic E-state index is 6.12. The summed E-state index contributed by atoms with van der Waals surface area (Å²) in [5, 5.41) is 5.23. The van der Waals surface area contributed by atoms with Crippen LogP contribution in [0.15, 0.2) is 73.4 Å². The molecule has 1 N–H and O–H groups in total. The molecule has 0 aliphatic heterocycles. The van der Waals surface area contributed by atoms with Crippen LogP contribution >= 0.6 is 11.6 Å². The molecule has 0 atom stereocenters. The molecule has 0 unspecified atom stereocenters. The predicted octanol–water partition coefficient (Wildman–Crippen LogP) is 4.75. The van der Waals surface area contributed by atoms with Crippen molar-refractivity contribution < 1.29 is 0 Å². The monoisotopic (exact) mass is 348 g/mol. The van der Waals surface area contributed by atoms with Crippen LogP contribution in [0.25, 0.3) is 10.9 Å². The standard InChI is InChI=1S/C20H17ClN4/c21-17-5-6-19-18(11-17)20(7-8-23-19)24-12-15-1-3-16(4-2-15)13-25-10-9-22-14-25/h1-11,14H,12-13H2,(H,23,24). The van der Waals surface area contributed by atoms with Crippen LogP contribution in [0.3, 0.4) is 0 Å². The van der Waals surface area contributed by atoms with Gasteiger partial charge in [0.1, 0.15) is 0 Å². The molecule has 25 heavy (non-hydrogen) atoms. The van der Waals surface area contributed by atoms with Gasteiger partial charge in [-0.05, 0) is 35.4 Å². The molecule has 0 aliphatic carbocycles. The number of anilines is 1. The maximum Gasteiger partial charge on any atom is 0.0949 e. The average molecular weight is 349 g/mol. The highest BCUT2D eigenvalue weighted by molar-refractivity contribution is 6.31. The molecule has 4 rings (SSSR count). The summed E-state index contributed by atoms with van der Waals surface area (Å²) in [5.41, 5.74) is 4.45. The Morgan fingerprint density at radius 3 is 2.60 bits per heavy atom. The van der Waals surface area contributed by atoms with E-state index in [-0.39, 0.29) is 0 Å². The van der Waals surface area contributed by atoms with E-state index in [1.807, 2.05) is 43.0 Å². The van der Waals surface area contributed by atoms with E-state index in [2.05, 4.69) is 44.1 Å². The second kappa shape index (κ2) is 6.95. The lowest BCUT2D eigenvalue weighted by Gasteiger charge is -2.10. The Kier molecular flexibility index (Phi) is 4.36. The van der Waals surface area contributed by atoms with Gasteiger partial charge in [-0.25, -0.2) is 4.98 Å². The molecular formula is C20H17ClN4. The normalized spacial score (nSPS) is 10.9. The summed E-state index contributed by atoms with van der Waals surface area (Å²) >= 11 is 6.12. The number of nitrogens with zero attached hydrogens (tertiary/aromatic N) is 3. The van der Waals surface area contributed by atoms with Gasteiger partial charge in [0.05, 0.1) is 11.8 Å². The second-order valence-corrected chi connectivity index (χ2v) is 6.36. The number of halogens is 1. The highest BCUT2D eigenvalue weighted by atomic mass is 35.5. The zero-order valence-electron chi connectivity index (χ0n) is 13.6. The Hall–Kier alpha value is -2.85. The van der Waals surface area contributed by atoms with Crippen molar-refractivity contribution in [2.75, 3.05) is 5.32 Å². The zero-order chi connectivity index (χ0) is 17.1. The molecule has 2 heterocycles. The molecule has 0 fully saturated rings. The average Bonchev–Trinajstić information content (AvgIpc) is 3.14. The topological polar surface area (TPSA) is 42.7 Å². The first-order valence-corrected chi connectivity index (χ1v) is 8.47. The number of benzene rings is 2. The van der Waals surface area contributed by atoms with Gasteiger partial charge in [0.15, 0.2) is 0 Å². The van der Waals surface area contributed by atoms with Crippen molar-refractivity contribution >= 4 is 28.2 Å². The summed E-state index contributed by atoms with van der Waals surface area (Å²) in [6.45, 7) is 1.58. The molecule has 124 valence electrons. The zero-order valence-corrected chi connectivity index (χ0v) is 14.3. The number of nitrogens with one attached hydrogen (secondary N) is 1. The third-order valence-corrected chi connectivity index (χ3v) is 4.37. The number of hydrogen-bond acceptors (Lipinski definition) is 3. The lowest BCUT2D eigenvalue weighted by Crippen LogP contribution is -2.01.